The zero-order valence-corrected chi connectivity index (χ0v) is 15.2. The van der Waals surface area contributed by atoms with Gasteiger partial charge >= 0.3 is 0 Å². The van der Waals surface area contributed by atoms with Crippen molar-refractivity contribution in [1.29, 1.82) is 0 Å². The lowest BCUT2D eigenvalue weighted by Gasteiger charge is -2.36. The van der Waals surface area contributed by atoms with Crippen molar-refractivity contribution in [2.45, 2.75) is 58.2 Å². The molecule has 128 valence electrons. The number of halogens is 1. The van der Waals surface area contributed by atoms with Gasteiger partial charge in [0.2, 0.25) is 0 Å². The number of hydrogen-bond donors (Lipinski definition) is 1. The first kappa shape index (κ1) is 18.1. The molecule has 0 bridgehead atoms. The van der Waals surface area contributed by atoms with Gasteiger partial charge in [0.15, 0.2) is 5.60 Å². The van der Waals surface area contributed by atoms with Gasteiger partial charge < -0.3 is 15.0 Å². The van der Waals surface area contributed by atoms with E-state index in [1.165, 1.54) is 0 Å². The first-order chi connectivity index (χ1) is 10.8. The first-order valence-corrected chi connectivity index (χ1v) is 8.65. The maximum absolute atomic E-state index is 12.5. The molecular formula is C18H27ClN2O2. The number of rotatable bonds is 5. The molecule has 0 spiro atoms. The van der Waals surface area contributed by atoms with Crippen LogP contribution in [0.15, 0.2) is 24.3 Å². The molecule has 1 N–H and O–H groups in total. The quantitative estimate of drug-likeness (QED) is 0.893. The Morgan fingerprint density at radius 2 is 1.83 bits per heavy atom. The molecule has 1 amide bonds. The average molecular weight is 339 g/mol. The maximum Gasteiger partial charge on any atom is 0.263 e. The van der Waals surface area contributed by atoms with Gasteiger partial charge in [0.05, 0.1) is 0 Å². The number of piperidine rings is 1. The Labute approximate surface area is 144 Å². The van der Waals surface area contributed by atoms with E-state index >= 15 is 0 Å². The van der Waals surface area contributed by atoms with Crippen molar-refractivity contribution in [3.63, 3.8) is 0 Å². The number of nitrogens with zero attached hydrogens (tertiary/aromatic N) is 1. The van der Waals surface area contributed by atoms with Crippen LogP contribution in [0, 0.1) is 0 Å². The molecular weight excluding hydrogens is 312 g/mol. The molecule has 1 saturated heterocycles. The Morgan fingerprint density at radius 1 is 1.26 bits per heavy atom. The van der Waals surface area contributed by atoms with Crippen LogP contribution >= 0.6 is 11.6 Å². The minimum Gasteiger partial charge on any atom is -0.478 e. The van der Waals surface area contributed by atoms with Gasteiger partial charge in [-0.1, -0.05) is 11.6 Å². The van der Waals surface area contributed by atoms with Gasteiger partial charge in [-0.05, 0) is 64.8 Å². The Balaban J connectivity index is 1.87. The molecule has 0 aliphatic carbocycles. The molecule has 5 heteroatoms. The van der Waals surface area contributed by atoms with E-state index in [-0.39, 0.29) is 11.9 Å². The summed E-state index contributed by atoms with van der Waals surface area (Å²) in [6, 6.07) is 7.86. The van der Waals surface area contributed by atoms with Crippen LogP contribution in [0.4, 0.5) is 0 Å². The molecule has 1 aromatic rings. The Kier molecular flexibility index (Phi) is 5.93. The average Bonchev–Trinajstić information content (AvgIpc) is 2.50. The van der Waals surface area contributed by atoms with Crippen molar-refractivity contribution in [2.75, 3.05) is 13.1 Å². The minimum absolute atomic E-state index is 0.0737. The number of ether oxygens (including phenoxy) is 1. The van der Waals surface area contributed by atoms with Crippen LogP contribution in [0.2, 0.25) is 5.02 Å². The van der Waals surface area contributed by atoms with Crippen LogP contribution in [0.1, 0.15) is 40.5 Å². The summed E-state index contributed by atoms with van der Waals surface area (Å²) in [5.41, 5.74) is -0.914. The Hall–Kier alpha value is -1.26. The molecule has 1 aromatic carbocycles. The summed E-state index contributed by atoms with van der Waals surface area (Å²) < 4.78 is 5.84. The standard InChI is InChI=1S/C18H27ClN2O2/c1-13(2)21-11-9-15(10-12-21)20-17(22)18(3,4)23-16-7-5-14(19)6-8-16/h5-8,13,15H,9-12H2,1-4H3,(H,20,22). The summed E-state index contributed by atoms with van der Waals surface area (Å²) >= 11 is 5.87. The molecule has 1 heterocycles. The monoisotopic (exact) mass is 338 g/mol. The predicted molar refractivity (Wildman–Crippen MR) is 94.0 cm³/mol. The smallest absolute Gasteiger partial charge is 0.263 e. The zero-order chi connectivity index (χ0) is 17.0. The van der Waals surface area contributed by atoms with Gasteiger partial charge in [0, 0.05) is 30.2 Å². The Morgan fingerprint density at radius 3 is 2.35 bits per heavy atom. The third-order valence-electron chi connectivity index (χ3n) is 4.33. The van der Waals surface area contributed by atoms with Crippen LogP contribution in [0.25, 0.3) is 0 Å². The molecule has 1 aliphatic rings. The van der Waals surface area contributed by atoms with Crippen molar-refractivity contribution in [2.24, 2.45) is 0 Å². The van der Waals surface area contributed by atoms with Crippen LogP contribution < -0.4 is 10.1 Å². The lowest BCUT2D eigenvalue weighted by atomic mass is 10.0. The van der Waals surface area contributed by atoms with Crippen LogP contribution in [0.5, 0.6) is 5.75 Å². The lowest BCUT2D eigenvalue weighted by Crippen LogP contribution is -2.53. The fourth-order valence-corrected chi connectivity index (χ4v) is 2.89. The molecule has 23 heavy (non-hydrogen) atoms. The number of nitrogens with one attached hydrogen (secondary N) is 1. The highest BCUT2D eigenvalue weighted by Crippen LogP contribution is 2.22. The first-order valence-electron chi connectivity index (χ1n) is 8.27. The lowest BCUT2D eigenvalue weighted by molar-refractivity contribution is -0.135. The predicted octanol–water partition coefficient (Wildman–Crippen LogP) is 3.49. The fraction of sp³-hybridized carbons (Fsp3) is 0.611. The number of carbonyl (C=O) groups is 1. The highest BCUT2D eigenvalue weighted by Gasteiger charge is 2.32. The number of hydrogen-bond acceptors (Lipinski definition) is 3. The van der Waals surface area contributed by atoms with Crippen LogP contribution in [0.3, 0.4) is 0 Å². The SMILES string of the molecule is CC(C)N1CCC(NC(=O)C(C)(C)Oc2ccc(Cl)cc2)CC1. The van der Waals surface area contributed by atoms with Gasteiger partial charge in [-0.2, -0.15) is 0 Å². The largest absolute Gasteiger partial charge is 0.478 e. The second-order valence-corrected chi connectivity index (χ2v) is 7.38. The van der Waals surface area contributed by atoms with E-state index in [1.54, 1.807) is 38.1 Å². The molecule has 0 saturated carbocycles. The van der Waals surface area contributed by atoms with Crippen LogP contribution in [-0.4, -0.2) is 41.6 Å². The Bertz CT molecular complexity index is 520. The maximum atomic E-state index is 12.5. The topological polar surface area (TPSA) is 41.6 Å². The molecule has 0 aromatic heterocycles. The van der Waals surface area contributed by atoms with E-state index in [4.69, 9.17) is 16.3 Å². The summed E-state index contributed by atoms with van der Waals surface area (Å²) in [5, 5.41) is 3.78. The summed E-state index contributed by atoms with van der Waals surface area (Å²) in [4.78, 5) is 15.0. The van der Waals surface area contributed by atoms with E-state index in [2.05, 4.69) is 24.1 Å². The second kappa shape index (κ2) is 7.54. The van der Waals surface area contributed by atoms with Crippen molar-refractivity contribution >= 4 is 17.5 Å². The molecule has 0 atom stereocenters. The number of carbonyl (C=O) groups excluding carboxylic acids is 1. The van der Waals surface area contributed by atoms with Crippen molar-refractivity contribution in [3.05, 3.63) is 29.3 Å². The normalized spacial score (nSPS) is 17.3. The highest BCUT2D eigenvalue weighted by atomic mass is 35.5. The molecule has 1 aliphatic heterocycles. The number of likely N-dealkylation sites (tertiary alicyclic amines) is 1. The summed E-state index contributed by atoms with van der Waals surface area (Å²) in [7, 11) is 0. The highest BCUT2D eigenvalue weighted by molar-refractivity contribution is 6.30. The van der Waals surface area contributed by atoms with Crippen molar-refractivity contribution in [1.82, 2.24) is 10.2 Å². The summed E-state index contributed by atoms with van der Waals surface area (Å²) in [6.07, 6.45) is 1.97. The van der Waals surface area contributed by atoms with E-state index in [0.717, 1.165) is 25.9 Å². The molecule has 4 nitrogen and oxygen atoms in total. The van der Waals surface area contributed by atoms with Gasteiger partial charge in [0.1, 0.15) is 5.75 Å². The van der Waals surface area contributed by atoms with Gasteiger partial charge in [0.25, 0.3) is 5.91 Å². The van der Waals surface area contributed by atoms with E-state index < -0.39 is 5.60 Å². The number of benzene rings is 1. The molecule has 0 radical (unpaired) electrons. The fourth-order valence-electron chi connectivity index (χ4n) is 2.76. The van der Waals surface area contributed by atoms with E-state index in [0.29, 0.717) is 16.8 Å². The summed E-state index contributed by atoms with van der Waals surface area (Å²) in [6.45, 7) is 10.1. The third-order valence-corrected chi connectivity index (χ3v) is 4.58. The van der Waals surface area contributed by atoms with Crippen molar-refractivity contribution < 1.29 is 9.53 Å². The van der Waals surface area contributed by atoms with Crippen molar-refractivity contribution in [3.8, 4) is 5.75 Å². The van der Waals surface area contributed by atoms with Gasteiger partial charge in [-0.15, -0.1) is 0 Å². The van der Waals surface area contributed by atoms with Gasteiger partial charge in [-0.25, -0.2) is 0 Å². The summed E-state index contributed by atoms with van der Waals surface area (Å²) in [5.74, 6) is 0.569. The zero-order valence-electron chi connectivity index (χ0n) is 14.4. The minimum atomic E-state index is -0.914. The second-order valence-electron chi connectivity index (χ2n) is 6.94. The van der Waals surface area contributed by atoms with Gasteiger partial charge in [-0.3, -0.25) is 4.79 Å². The van der Waals surface area contributed by atoms with E-state index in [1.807, 2.05) is 0 Å². The molecule has 0 unspecified atom stereocenters. The third kappa shape index (κ3) is 5.11. The van der Waals surface area contributed by atoms with E-state index in [9.17, 15) is 4.79 Å². The molecule has 2 rings (SSSR count). The van der Waals surface area contributed by atoms with Crippen LogP contribution in [-0.2, 0) is 4.79 Å². The number of amides is 1. The molecule has 1 fully saturated rings.